The van der Waals surface area contributed by atoms with Crippen LogP contribution in [-0.2, 0) is 18.9 Å². The normalized spacial score (nSPS) is 19.4. The fourth-order valence-electron chi connectivity index (χ4n) is 4.88. The molecule has 44 heavy (non-hydrogen) atoms. The molecule has 2 aromatic heterocycles. The molecule has 0 aliphatic carbocycles. The van der Waals surface area contributed by atoms with Crippen LogP contribution < -0.4 is 0 Å². The highest BCUT2D eigenvalue weighted by molar-refractivity contribution is 6.34. The molecular formula is C32H23ClFN3O7. The molecule has 1 aliphatic rings. The van der Waals surface area contributed by atoms with E-state index in [2.05, 4.69) is 9.97 Å². The van der Waals surface area contributed by atoms with Gasteiger partial charge in [-0.15, -0.1) is 0 Å². The fourth-order valence-corrected chi connectivity index (χ4v) is 5.10. The Bertz CT molecular complexity index is 1800. The molecule has 1 unspecified atom stereocenters. The number of rotatable bonds is 8. The Balaban J connectivity index is 1.39. The molecule has 3 aromatic carbocycles. The number of nitrogens with zero attached hydrogens (tertiary/aromatic N) is 3. The van der Waals surface area contributed by atoms with Gasteiger partial charge in [0.2, 0.25) is 0 Å². The standard InChI is InChI=1S/C32H23ClFN3O7/c33-27-24-22(34)16-37(28(24)36-18-35-27)29-26(44-32(40)21-14-8-3-9-15-21)25(43-31(39)20-12-6-2-7-13-20)23(42-29)17-41-30(38)19-10-4-1-5-11-19/h1-16,18,23,25-26,29H,17H2/t23-,25?,26+,29-/m1/s1. The van der Waals surface area contributed by atoms with Crippen molar-refractivity contribution in [2.45, 2.75) is 24.5 Å². The Morgan fingerprint density at radius 3 is 1.86 bits per heavy atom. The van der Waals surface area contributed by atoms with Gasteiger partial charge in [-0.3, -0.25) is 4.57 Å². The van der Waals surface area contributed by atoms with Crippen molar-refractivity contribution in [3.63, 3.8) is 0 Å². The van der Waals surface area contributed by atoms with E-state index in [1.807, 2.05) is 0 Å². The summed E-state index contributed by atoms with van der Waals surface area (Å²) in [5, 5.41) is -0.217. The summed E-state index contributed by atoms with van der Waals surface area (Å²) in [6.07, 6.45) is -2.86. The number of hydrogen-bond acceptors (Lipinski definition) is 9. The lowest BCUT2D eigenvalue weighted by Crippen LogP contribution is -2.41. The number of fused-ring (bicyclic) bond motifs is 1. The van der Waals surface area contributed by atoms with E-state index in [1.165, 1.54) is 4.57 Å². The van der Waals surface area contributed by atoms with Gasteiger partial charge in [-0.2, -0.15) is 0 Å². The Labute approximate surface area is 254 Å². The Hall–Kier alpha value is -5.13. The first-order chi connectivity index (χ1) is 21.4. The number of carbonyl (C=O) groups excluding carboxylic acids is 3. The van der Waals surface area contributed by atoms with Gasteiger partial charge in [0, 0.05) is 6.20 Å². The zero-order valence-electron chi connectivity index (χ0n) is 22.8. The number of halogens is 2. The smallest absolute Gasteiger partial charge is 0.338 e. The zero-order valence-corrected chi connectivity index (χ0v) is 23.5. The predicted molar refractivity (Wildman–Crippen MR) is 154 cm³/mol. The maximum Gasteiger partial charge on any atom is 0.338 e. The summed E-state index contributed by atoms with van der Waals surface area (Å²) < 4.78 is 40.0. The minimum absolute atomic E-state index is 0.0447. The maximum absolute atomic E-state index is 15.1. The highest BCUT2D eigenvalue weighted by atomic mass is 35.5. The minimum atomic E-state index is -1.35. The quantitative estimate of drug-likeness (QED) is 0.128. The second-order valence-electron chi connectivity index (χ2n) is 9.75. The van der Waals surface area contributed by atoms with E-state index in [9.17, 15) is 14.4 Å². The second kappa shape index (κ2) is 12.6. The van der Waals surface area contributed by atoms with Crippen molar-refractivity contribution >= 4 is 40.5 Å². The first-order valence-electron chi connectivity index (χ1n) is 13.5. The van der Waals surface area contributed by atoms with E-state index >= 15 is 4.39 Å². The Morgan fingerprint density at radius 2 is 1.30 bits per heavy atom. The summed E-state index contributed by atoms with van der Waals surface area (Å²) in [5.41, 5.74) is 0.772. The molecule has 1 saturated heterocycles. The molecule has 3 heterocycles. The van der Waals surface area contributed by atoms with Crippen LogP contribution in [0.4, 0.5) is 4.39 Å². The number of benzene rings is 3. The average Bonchev–Trinajstić information content (AvgIpc) is 3.57. The second-order valence-corrected chi connectivity index (χ2v) is 10.1. The summed E-state index contributed by atoms with van der Waals surface area (Å²) in [5.74, 6) is -2.90. The van der Waals surface area contributed by atoms with Gasteiger partial charge >= 0.3 is 17.9 Å². The van der Waals surface area contributed by atoms with E-state index in [4.69, 9.17) is 30.5 Å². The van der Waals surface area contributed by atoms with Crippen LogP contribution in [0.15, 0.2) is 104 Å². The van der Waals surface area contributed by atoms with Crippen LogP contribution in [-0.4, -0.2) is 57.4 Å². The summed E-state index contributed by atoms with van der Waals surface area (Å²) >= 11 is 6.16. The largest absolute Gasteiger partial charge is 0.459 e. The molecule has 6 rings (SSSR count). The number of carbonyl (C=O) groups is 3. The van der Waals surface area contributed by atoms with E-state index in [0.29, 0.717) is 0 Å². The third-order valence-corrected chi connectivity index (χ3v) is 7.26. The van der Waals surface area contributed by atoms with Crippen LogP contribution in [0.2, 0.25) is 5.15 Å². The van der Waals surface area contributed by atoms with Crippen molar-refractivity contribution in [1.82, 2.24) is 14.5 Å². The molecule has 10 nitrogen and oxygen atoms in total. The topological polar surface area (TPSA) is 119 Å². The Morgan fingerprint density at radius 1 is 0.773 bits per heavy atom. The lowest BCUT2D eigenvalue weighted by atomic mass is 10.1. The number of esters is 3. The minimum Gasteiger partial charge on any atom is -0.459 e. The van der Waals surface area contributed by atoms with Gasteiger partial charge in [0.05, 0.1) is 22.1 Å². The fraction of sp³-hybridized carbons (Fsp3) is 0.156. The number of ether oxygens (including phenoxy) is 4. The summed E-state index contributed by atoms with van der Waals surface area (Å²) in [6, 6.07) is 24.6. The molecule has 0 spiro atoms. The highest BCUT2D eigenvalue weighted by Crippen LogP contribution is 2.38. The molecule has 0 radical (unpaired) electrons. The van der Waals surface area contributed by atoms with Crippen LogP contribution in [0.3, 0.4) is 0 Å². The third kappa shape index (κ3) is 5.87. The van der Waals surface area contributed by atoms with Crippen molar-refractivity contribution in [1.29, 1.82) is 0 Å². The van der Waals surface area contributed by atoms with Crippen molar-refractivity contribution in [3.05, 3.63) is 131 Å². The molecular weight excluding hydrogens is 593 g/mol. The van der Waals surface area contributed by atoms with E-state index in [0.717, 1.165) is 12.5 Å². The first-order valence-corrected chi connectivity index (χ1v) is 13.8. The lowest BCUT2D eigenvalue weighted by Gasteiger charge is -2.25. The number of hydrogen-bond donors (Lipinski definition) is 0. The average molecular weight is 616 g/mol. The van der Waals surface area contributed by atoms with Crippen LogP contribution >= 0.6 is 11.6 Å². The van der Waals surface area contributed by atoms with Gasteiger partial charge in [-0.05, 0) is 36.4 Å². The Kier molecular flexibility index (Phi) is 8.31. The zero-order chi connectivity index (χ0) is 30.6. The molecule has 0 N–H and O–H groups in total. The molecule has 222 valence electrons. The van der Waals surface area contributed by atoms with Gasteiger partial charge in [-0.1, -0.05) is 66.2 Å². The van der Waals surface area contributed by atoms with Crippen molar-refractivity contribution in [3.8, 4) is 0 Å². The third-order valence-electron chi connectivity index (χ3n) is 6.97. The molecule has 0 saturated carbocycles. The lowest BCUT2D eigenvalue weighted by molar-refractivity contribution is -0.0605. The molecule has 0 amide bonds. The molecule has 1 aliphatic heterocycles. The molecule has 12 heteroatoms. The summed E-state index contributed by atoms with van der Waals surface area (Å²) in [4.78, 5) is 47.4. The van der Waals surface area contributed by atoms with Gasteiger partial charge in [0.25, 0.3) is 0 Å². The van der Waals surface area contributed by atoms with E-state index in [1.54, 1.807) is 91.0 Å². The molecule has 0 bridgehead atoms. The van der Waals surface area contributed by atoms with Crippen molar-refractivity contribution in [2.24, 2.45) is 0 Å². The van der Waals surface area contributed by atoms with Gasteiger partial charge in [-0.25, -0.2) is 28.7 Å². The van der Waals surface area contributed by atoms with Gasteiger partial charge < -0.3 is 18.9 Å². The molecule has 1 fully saturated rings. The van der Waals surface area contributed by atoms with Gasteiger partial charge in [0.1, 0.15) is 29.8 Å². The molecule has 5 aromatic rings. The SMILES string of the molecule is O=C(OC[C@H]1O[C@@H](n2cc(F)c3c(Cl)ncnc32)[C@@H](OC(=O)c2ccccc2)C1OC(=O)c1ccccc1)c1ccccc1. The summed E-state index contributed by atoms with van der Waals surface area (Å²) in [7, 11) is 0. The highest BCUT2D eigenvalue weighted by Gasteiger charge is 2.52. The van der Waals surface area contributed by atoms with Crippen LogP contribution in [0, 0.1) is 5.82 Å². The summed E-state index contributed by atoms with van der Waals surface area (Å²) in [6.45, 7) is -0.395. The monoisotopic (exact) mass is 615 g/mol. The predicted octanol–water partition coefficient (Wildman–Crippen LogP) is 5.43. The van der Waals surface area contributed by atoms with Crippen LogP contribution in [0.5, 0.6) is 0 Å². The van der Waals surface area contributed by atoms with Crippen LogP contribution in [0.1, 0.15) is 37.3 Å². The molecule has 4 atom stereocenters. The van der Waals surface area contributed by atoms with Crippen molar-refractivity contribution in [2.75, 3.05) is 6.61 Å². The number of aromatic nitrogens is 3. The van der Waals surface area contributed by atoms with E-state index in [-0.39, 0.29) is 32.9 Å². The van der Waals surface area contributed by atoms with E-state index < -0.39 is 54.9 Å². The van der Waals surface area contributed by atoms with Crippen molar-refractivity contribution < 1.29 is 37.7 Å². The van der Waals surface area contributed by atoms with Crippen LogP contribution in [0.25, 0.3) is 11.0 Å². The van der Waals surface area contributed by atoms with Gasteiger partial charge in [0.15, 0.2) is 24.3 Å². The first kappa shape index (κ1) is 29.0. The maximum atomic E-state index is 15.1.